The number of nitrogens with zero attached hydrogens (tertiary/aromatic N) is 4. The monoisotopic (exact) mass is 482 g/mol. The lowest BCUT2D eigenvalue weighted by molar-refractivity contribution is -0.105. The zero-order valence-electron chi connectivity index (χ0n) is 21.5. The molecule has 0 aliphatic carbocycles. The quantitative estimate of drug-likeness (QED) is 0.341. The average molecular weight is 483 g/mol. The molecule has 2 aromatic heterocycles. The highest BCUT2D eigenvalue weighted by Crippen LogP contribution is 2.28. The summed E-state index contributed by atoms with van der Waals surface area (Å²) in [4.78, 5) is 26.7. The molecule has 4 aromatic rings. The van der Waals surface area contributed by atoms with Gasteiger partial charge in [0.15, 0.2) is 0 Å². The maximum Gasteiger partial charge on any atom is 0.227 e. The average Bonchev–Trinajstić information content (AvgIpc) is 2.88. The van der Waals surface area contributed by atoms with Crippen LogP contribution < -0.4 is 10.6 Å². The highest BCUT2D eigenvalue weighted by atomic mass is 16.1. The van der Waals surface area contributed by atoms with E-state index < -0.39 is 0 Å². The second kappa shape index (κ2) is 11.7. The molecule has 7 heteroatoms. The fraction of sp³-hybridized carbons (Fsp3) is 0.310. The number of nitrogens with one attached hydrogen (secondary N) is 2. The number of piperidine rings is 1. The van der Waals surface area contributed by atoms with E-state index in [2.05, 4.69) is 39.5 Å². The summed E-state index contributed by atoms with van der Waals surface area (Å²) in [5.41, 5.74) is 6.35. The molecule has 186 valence electrons. The molecule has 0 radical (unpaired) electrons. The SMILES string of the molecule is CC1CCN(C)CC1.Cc1ccc(-c2cccc3cnc(Nc4ccc(C)c(NC=O)c4)nc23)cn1. The number of benzene rings is 2. The molecule has 1 aliphatic heterocycles. The van der Waals surface area contributed by atoms with Crippen LogP contribution in [0.3, 0.4) is 0 Å². The lowest BCUT2D eigenvalue weighted by Gasteiger charge is -2.26. The van der Waals surface area contributed by atoms with Crippen LogP contribution in [0.5, 0.6) is 0 Å². The second-order valence-corrected chi connectivity index (χ2v) is 9.53. The number of carbonyl (C=O) groups excluding carboxylic acids is 1. The van der Waals surface area contributed by atoms with Crippen LogP contribution in [0.25, 0.3) is 22.0 Å². The van der Waals surface area contributed by atoms with Gasteiger partial charge in [0.1, 0.15) is 0 Å². The van der Waals surface area contributed by atoms with Crippen molar-refractivity contribution in [1.29, 1.82) is 0 Å². The number of rotatable bonds is 5. The number of aryl methyl sites for hydroxylation is 2. The van der Waals surface area contributed by atoms with E-state index in [1.807, 2.05) is 68.6 Å². The van der Waals surface area contributed by atoms with Gasteiger partial charge in [0.05, 0.1) is 5.52 Å². The van der Waals surface area contributed by atoms with Gasteiger partial charge in [-0.05, 0) is 76.5 Å². The van der Waals surface area contributed by atoms with Gasteiger partial charge in [-0.2, -0.15) is 0 Å². The lowest BCUT2D eigenvalue weighted by atomic mass is 10.00. The normalized spacial score (nSPS) is 14.1. The van der Waals surface area contributed by atoms with E-state index in [0.29, 0.717) is 12.4 Å². The topological polar surface area (TPSA) is 83.0 Å². The van der Waals surface area contributed by atoms with Gasteiger partial charge in [-0.25, -0.2) is 9.97 Å². The summed E-state index contributed by atoms with van der Waals surface area (Å²) in [6, 6.07) is 15.8. The molecule has 5 rings (SSSR count). The van der Waals surface area contributed by atoms with Gasteiger partial charge in [-0.15, -0.1) is 0 Å². The molecule has 2 N–H and O–H groups in total. The molecule has 0 atom stereocenters. The Bertz CT molecular complexity index is 1300. The number of hydrogen-bond acceptors (Lipinski definition) is 6. The molecular formula is C29H34N6O. The smallest absolute Gasteiger partial charge is 0.227 e. The first-order valence-electron chi connectivity index (χ1n) is 12.4. The summed E-state index contributed by atoms with van der Waals surface area (Å²) < 4.78 is 0. The van der Waals surface area contributed by atoms with Gasteiger partial charge in [0, 0.05) is 46.0 Å². The molecule has 2 aromatic carbocycles. The number of pyridine rings is 1. The Morgan fingerprint density at radius 1 is 1.00 bits per heavy atom. The number of carbonyl (C=O) groups is 1. The van der Waals surface area contributed by atoms with E-state index in [4.69, 9.17) is 4.98 Å². The van der Waals surface area contributed by atoms with Gasteiger partial charge in [0.25, 0.3) is 0 Å². The molecule has 1 saturated heterocycles. The molecule has 36 heavy (non-hydrogen) atoms. The van der Waals surface area contributed by atoms with Crippen LogP contribution in [0.2, 0.25) is 0 Å². The molecule has 1 aliphatic rings. The van der Waals surface area contributed by atoms with E-state index in [1.54, 1.807) is 6.20 Å². The molecular weight excluding hydrogens is 448 g/mol. The van der Waals surface area contributed by atoms with Crippen molar-refractivity contribution < 1.29 is 4.79 Å². The number of aromatic nitrogens is 3. The summed E-state index contributed by atoms with van der Waals surface area (Å²) in [7, 11) is 2.20. The van der Waals surface area contributed by atoms with Crippen LogP contribution in [0, 0.1) is 19.8 Å². The Hall–Kier alpha value is -3.84. The number of para-hydroxylation sites is 1. The summed E-state index contributed by atoms with van der Waals surface area (Å²) in [6.07, 6.45) is 7.12. The van der Waals surface area contributed by atoms with E-state index in [1.165, 1.54) is 25.9 Å². The first-order valence-corrected chi connectivity index (χ1v) is 12.4. The van der Waals surface area contributed by atoms with E-state index in [-0.39, 0.29) is 0 Å². The van der Waals surface area contributed by atoms with Crippen molar-refractivity contribution >= 4 is 34.6 Å². The number of hydrogen-bond donors (Lipinski definition) is 2. The first kappa shape index (κ1) is 25.3. The van der Waals surface area contributed by atoms with E-state index in [0.717, 1.165) is 50.6 Å². The van der Waals surface area contributed by atoms with Crippen LogP contribution in [0.15, 0.2) is 60.9 Å². The number of anilines is 3. The second-order valence-electron chi connectivity index (χ2n) is 9.53. The Morgan fingerprint density at radius 2 is 1.81 bits per heavy atom. The molecule has 0 bridgehead atoms. The molecule has 3 heterocycles. The maximum atomic E-state index is 10.8. The minimum absolute atomic E-state index is 0.487. The Morgan fingerprint density at radius 3 is 2.50 bits per heavy atom. The van der Waals surface area contributed by atoms with Crippen molar-refractivity contribution in [2.45, 2.75) is 33.6 Å². The highest BCUT2D eigenvalue weighted by Gasteiger charge is 2.11. The van der Waals surface area contributed by atoms with Crippen molar-refractivity contribution in [3.8, 4) is 11.1 Å². The van der Waals surface area contributed by atoms with Gasteiger partial charge in [-0.1, -0.05) is 37.3 Å². The molecule has 1 fully saturated rings. The standard InChI is InChI=1S/C22H19N5O.C7H15N/c1-14-6-9-18(10-20(14)25-13-28)26-22-24-12-17-4-3-5-19(21(17)27-22)16-8-7-15(2)23-11-16;1-7-3-5-8(2)6-4-7/h3-13H,1-2H3,(H,25,28)(H,24,26,27);7H,3-6H2,1-2H3. The van der Waals surface area contributed by atoms with Crippen molar-refractivity contribution in [1.82, 2.24) is 19.9 Å². The summed E-state index contributed by atoms with van der Waals surface area (Å²) in [5, 5.41) is 6.87. The Labute approximate surface area is 213 Å². The zero-order valence-corrected chi connectivity index (χ0v) is 21.5. The lowest BCUT2D eigenvalue weighted by Crippen LogP contribution is -2.28. The van der Waals surface area contributed by atoms with Crippen LogP contribution in [-0.4, -0.2) is 46.4 Å². The Kier molecular flexibility index (Phi) is 8.23. The number of fused-ring (bicyclic) bond motifs is 1. The van der Waals surface area contributed by atoms with Crippen molar-refractivity contribution in [3.05, 3.63) is 72.2 Å². The van der Waals surface area contributed by atoms with Crippen LogP contribution >= 0.6 is 0 Å². The summed E-state index contributed by atoms with van der Waals surface area (Å²) >= 11 is 0. The number of likely N-dealkylation sites (tertiary alicyclic amines) is 1. The van der Waals surface area contributed by atoms with Gasteiger partial charge in [0.2, 0.25) is 12.4 Å². The van der Waals surface area contributed by atoms with Crippen LogP contribution in [0.1, 0.15) is 31.0 Å². The van der Waals surface area contributed by atoms with Gasteiger partial charge < -0.3 is 15.5 Å². The predicted octanol–water partition coefficient (Wildman–Crippen LogP) is 5.97. The van der Waals surface area contributed by atoms with Crippen molar-refractivity contribution in [2.75, 3.05) is 30.8 Å². The van der Waals surface area contributed by atoms with Crippen molar-refractivity contribution in [2.24, 2.45) is 5.92 Å². The third-order valence-electron chi connectivity index (χ3n) is 6.55. The summed E-state index contributed by atoms with van der Waals surface area (Å²) in [6.45, 7) is 8.85. The maximum absolute atomic E-state index is 10.8. The molecule has 1 amide bonds. The fourth-order valence-electron chi connectivity index (χ4n) is 4.16. The third kappa shape index (κ3) is 6.43. The largest absolute Gasteiger partial charge is 0.328 e. The molecule has 0 saturated carbocycles. The van der Waals surface area contributed by atoms with Crippen LogP contribution in [0.4, 0.5) is 17.3 Å². The minimum Gasteiger partial charge on any atom is -0.328 e. The zero-order chi connectivity index (χ0) is 25.5. The predicted molar refractivity (Wildman–Crippen MR) is 148 cm³/mol. The fourth-order valence-corrected chi connectivity index (χ4v) is 4.16. The first-order chi connectivity index (χ1) is 17.4. The van der Waals surface area contributed by atoms with Crippen molar-refractivity contribution in [3.63, 3.8) is 0 Å². The summed E-state index contributed by atoms with van der Waals surface area (Å²) in [5.74, 6) is 1.46. The van der Waals surface area contributed by atoms with E-state index >= 15 is 0 Å². The van der Waals surface area contributed by atoms with Crippen LogP contribution in [-0.2, 0) is 4.79 Å². The molecule has 0 spiro atoms. The minimum atomic E-state index is 0.487. The highest BCUT2D eigenvalue weighted by molar-refractivity contribution is 5.93. The molecule has 7 nitrogen and oxygen atoms in total. The Balaban J connectivity index is 0.000000325. The number of amides is 1. The molecule has 0 unspecified atom stereocenters. The van der Waals surface area contributed by atoms with E-state index in [9.17, 15) is 4.79 Å². The van der Waals surface area contributed by atoms with Gasteiger partial charge in [-0.3, -0.25) is 9.78 Å². The third-order valence-corrected chi connectivity index (χ3v) is 6.55. The van der Waals surface area contributed by atoms with Gasteiger partial charge >= 0.3 is 0 Å².